The minimum atomic E-state index is -0.714. The Morgan fingerprint density at radius 1 is 1.24 bits per heavy atom. The lowest BCUT2D eigenvalue weighted by atomic mass is 10.1. The van der Waals surface area contributed by atoms with Crippen molar-refractivity contribution in [2.75, 3.05) is 6.54 Å². The number of rotatable bonds is 8. The molecule has 29 heavy (non-hydrogen) atoms. The Morgan fingerprint density at radius 2 is 2.07 bits per heavy atom. The van der Waals surface area contributed by atoms with Crippen molar-refractivity contribution < 1.29 is 18.4 Å². The molecule has 1 fully saturated rings. The zero-order valence-electron chi connectivity index (χ0n) is 16.6. The molecule has 0 aliphatic carbocycles. The number of hydrogen-bond acceptors (Lipinski definition) is 5. The van der Waals surface area contributed by atoms with Crippen molar-refractivity contribution in [1.29, 1.82) is 0 Å². The Morgan fingerprint density at radius 3 is 2.76 bits per heavy atom. The molecule has 1 aliphatic rings. The van der Waals surface area contributed by atoms with Gasteiger partial charge in [-0.05, 0) is 37.1 Å². The number of carbonyl (C=O) groups is 2. The van der Waals surface area contributed by atoms with E-state index in [4.69, 9.17) is 8.83 Å². The maximum atomic E-state index is 13.0. The first-order valence-electron chi connectivity index (χ1n) is 9.90. The van der Waals surface area contributed by atoms with Gasteiger partial charge in [0.15, 0.2) is 0 Å². The fourth-order valence-electron chi connectivity index (χ4n) is 3.40. The van der Waals surface area contributed by atoms with Crippen molar-refractivity contribution >= 4 is 11.8 Å². The molecule has 1 atom stereocenters. The number of aryl methyl sites for hydroxylation is 1. The number of carbonyl (C=O) groups excluding carboxylic acids is 2. The van der Waals surface area contributed by atoms with Crippen LogP contribution in [0.4, 0.5) is 0 Å². The molecule has 1 saturated heterocycles. The molecule has 2 aromatic heterocycles. The van der Waals surface area contributed by atoms with Gasteiger partial charge in [-0.25, -0.2) is 4.79 Å². The van der Waals surface area contributed by atoms with E-state index in [1.165, 1.54) is 17.2 Å². The molecule has 3 heterocycles. The number of nitrogens with one attached hydrogen (secondary N) is 1. The molecule has 1 aliphatic heterocycles. The zero-order chi connectivity index (χ0) is 20.8. The summed E-state index contributed by atoms with van der Waals surface area (Å²) in [5, 5.41) is 2.77. The highest BCUT2D eigenvalue weighted by molar-refractivity contribution is 5.98. The van der Waals surface area contributed by atoms with Gasteiger partial charge in [0.1, 0.15) is 23.1 Å². The summed E-state index contributed by atoms with van der Waals surface area (Å²) in [6.45, 7) is 6.47. The molecule has 154 valence electrons. The van der Waals surface area contributed by atoms with Crippen molar-refractivity contribution in [3.05, 3.63) is 70.2 Å². The van der Waals surface area contributed by atoms with Gasteiger partial charge in [0.05, 0.1) is 12.8 Å². The van der Waals surface area contributed by atoms with Crippen molar-refractivity contribution in [3.8, 4) is 0 Å². The predicted octanol–water partition coefficient (Wildman–Crippen LogP) is 3.05. The Labute approximate surface area is 169 Å². The third-order valence-electron chi connectivity index (χ3n) is 4.97. The lowest BCUT2D eigenvalue weighted by molar-refractivity contribution is -0.125. The van der Waals surface area contributed by atoms with E-state index in [0.717, 1.165) is 24.8 Å². The molecular weight excluding hydrogens is 372 g/mol. The minimum absolute atomic E-state index is 0.0669. The summed E-state index contributed by atoms with van der Waals surface area (Å²) >= 11 is 0. The van der Waals surface area contributed by atoms with Crippen molar-refractivity contribution in [2.45, 2.75) is 51.6 Å². The maximum absolute atomic E-state index is 13.0. The molecule has 0 aromatic carbocycles. The van der Waals surface area contributed by atoms with E-state index in [2.05, 4.69) is 18.8 Å². The highest BCUT2D eigenvalue weighted by Crippen LogP contribution is 2.23. The first-order valence-corrected chi connectivity index (χ1v) is 9.90. The number of furan rings is 1. The summed E-state index contributed by atoms with van der Waals surface area (Å²) in [4.78, 5) is 39.3. The van der Waals surface area contributed by atoms with Gasteiger partial charge in [-0.15, -0.1) is 0 Å². The van der Waals surface area contributed by atoms with Crippen LogP contribution in [0.3, 0.4) is 0 Å². The molecule has 1 N–H and O–H groups in total. The van der Waals surface area contributed by atoms with Gasteiger partial charge in [-0.3, -0.25) is 9.59 Å². The second-order valence-corrected chi connectivity index (χ2v) is 7.26. The van der Waals surface area contributed by atoms with Crippen LogP contribution < -0.4 is 10.9 Å². The molecule has 7 heteroatoms. The number of unbranched alkanes of at least 4 members (excludes halogenated alkanes) is 2. The largest absolute Gasteiger partial charge is 0.467 e. The Balaban J connectivity index is 1.70. The normalized spacial score (nSPS) is 16.2. The summed E-state index contributed by atoms with van der Waals surface area (Å²) in [6.07, 6.45) is 5.60. The van der Waals surface area contributed by atoms with Gasteiger partial charge in [0.2, 0.25) is 5.91 Å². The van der Waals surface area contributed by atoms with E-state index in [9.17, 15) is 14.4 Å². The molecule has 2 aromatic rings. The number of amides is 2. The molecule has 0 radical (unpaired) electrons. The lowest BCUT2D eigenvalue weighted by Crippen LogP contribution is -2.46. The van der Waals surface area contributed by atoms with Gasteiger partial charge in [-0.1, -0.05) is 31.9 Å². The summed E-state index contributed by atoms with van der Waals surface area (Å²) in [5.74, 6) is 0.357. The summed E-state index contributed by atoms with van der Waals surface area (Å²) in [7, 11) is 0. The highest BCUT2D eigenvalue weighted by Gasteiger charge is 2.37. The molecule has 2 amide bonds. The molecule has 0 spiro atoms. The van der Waals surface area contributed by atoms with Crippen LogP contribution in [-0.2, 0) is 17.8 Å². The van der Waals surface area contributed by atoms with Crippen LogP contribution in [0.2, 0.25) is 0 Å². The standard InChI is InChI=1S/C22H26N2O5/c1-3-4-5-7-16-9-10-18(22(27)29-16)21(26)24-14-15(2)12-19(24)20(25)23-13-17-8-6-11-28-17/h6,8-11,19H,2-5,7,12-14H2,1H3,(H,23,25)/t19-/m0/s1. The minimum Gasteiger partial charge on any atom is -0.467 e. The van der Waals surface area contributed by atoms with Gasteiger partial charge in [0, 0.05) is 13.0 Å². The Hall–Kier alpha value is -3.09. The van der Waals surface area contributed by atoms with Crippen LogP contribution in [0.25, 0.3) is 0 Å². The van der Waals surface area contributed by atoms with E-state index in [1.807, 2.05) is 0 Å². The van der Waals surface area contributed by atoms with Crippen molar-refractivity contribution in [2.24, 2.45) is 0 Å². The fraction of sp³-hybridized carbons (Fsp3) is 0.409. The van der Waals surface area contributed by atoms with Gasteiger partial charge in [-0.2, -0.15) is 0 Å². The molecule has 3 rings (SSSR count). The van der Waals surface area contributed by atoms with E-state index < -0.39 is 17.6 Å². The topological polar surface area (TPSA) is 92.8 Å². The first kappa shape index (κ1) is 20.6. The quantitative estimate of drug-likeness (QED) is 0.545. The summed E-state index contributed by atoms with van der Waals surface area (Å²) in [6, 6.07) is 5.94. The van der Waals surface area contributed by atoms with Crippen LogP contribution in [-0.4, -0.2) is 29.3 Å². The molecule has 0 bridgehead atoms. The number of likely N-dealkylation sites (tertiary alicyclic amines) is 1. The van der Waals surface area contributed by atoms with Crippen molar-refractivity contribution in [3.63, 3.8) is 0 Å². The number of hydrogen-bond donors (Lipinski definition) is 1. The Kier molecular flexibility index (Phi) is 6.69. The first-order chi connectivity index (χ1) is 14.0. The summed E-state index contributed by atoms with van der Waals surface area (Å²) < 4.78 is 10.5. The summed E-state index contributed by atoms with van der Waals surface area (Å²) in [5.41, 5.74) is 0.0242. The van der Waals surface area contributed by atoms with Crippen molar-refractivity contribution in [1.82, 2.24) is 10.2 Å². The average molecular weight is 398 g/mol. The van der Waals surface area contributed by atoms with E-state index in [0.29, 0.717) is 24.4 Å². The van der Waals surface area contributed by atoms with E-state index >= 15 is 0 Å². The van der Waals surface area contributed by atoms with Gasteiger partial charge in [0.25, 0.3) is 5.91 Å². The van der Waals surface area contributed by atoms with Crippen LogP contribution in [0.15, 0.2) is 56.3 Å². The van der Waals surface area contributed by atoms with E-state index in [-0.39, 0.29) is 24.6 Å². The highest BCUT2D eigenvalue weighted by atomic mass is 16.4. The second kappa shape index (κ2) is 9.41. The molecule has 7 nitrogen and oxygen atoms in total. The fourth-order valence-corrected chi connectivity index (χ4v) is 3.40. The molecule has 0 saturated carbocycles. The van der Waals surface area contributed by atoms with Gasteiger partial charge >= 0.3 is 5.63 Å². The zero-order valence-corrected chi connectivity index (χ0v) is 16.6. The van der Waals surface area contributed by atoms with Crippen LogP contribution in [0.1, 0.15) is 54.5 Å². The SMILES string of the molecule is C=C1C[C@@H](C(=O)NCc2ccco2)N(C(=O)c2ccc(CCCCC)oc2=O)C1. The third kappa shape index (κ3) is 5.04. The second-order valence-electron chi connectivity index (χ2n) is 7.26. The lowest BCUT2D eigenvalue weighted by Gasteiger charge is -2.23. The molecular formula is C22H26N2O5. The van der Waals surface area contributed by atoms with Gasteiger partial charge < -0.3 is 19.1 Å². The molecule has 0 unspecified atom stereocenters. The number of nitrogens with zero attached hydrogens (tertiary/aromatic N) is 1. The third-order valence-corrected chi connectivity index (χ3v) is 4.97. The van der Waals surface area contributed by atoms with Crippen LogP contribution >= 0.6 is 0 Å². The van der Waals surface area contributed by atoms with E-state index in [1.54, 1.807) is 18.2 Å². The monoisotopic (exact) mass is 398 g/mol. The van der Waals surface area contributed by atoms with Crippen LogP contribution in [0, 0.1) is 0 Å². The average Bonchev–Trinajstić information content (AvgIpc) is 3.35. The van der Waals surface area contributed by atoms with Crippen LogP contribution in [0.5, 0.6) is 0 Å². The smallest absolute Gasteiger partial charge is 0.348 e. The maximum Gasteiger partial charge on any atom is 0.348 e. The Bertz CT molecular complexity index is 929. The predicted molar refractivity (Wildman–Crippen MR) is 107 cm³/mol.